The lowest BCUT2D eigenvalue weighted by Crippen LogP contribution is -2.35. The Labute approximate surface area is 273 Å². The van der Waals surface area contributed by atoms with Crippen LogP contribution >= 0.6 is 30.8 Å². The lowest BCUT2D eigenvalue weighted by atomic mass is 9.76. The van der Waals surface area contributed by atoms with Crippen LogP contribution in [0.25, 0.3) is 6.08 Å². The second-order valence-corrected chi connectivity index (χ2v) is 16.3. The number of ether oxygens (including phenoxy) is 1. The summed E-state index contributed by atoms with van der Waals surface area (Å²) in [6.07, 6.45) is 11.2. The van der Waals surface area contributed by atoms with Crippen LogP contribution in [0.2, 0.25) is 10.0 Å². The van der Waals surface area contributed by atoms with Crippen molar-refractivity contribution in [1.29, 1.82) is 0 Å². The predicted molar refractivity (Wildman–Crippen MR) is 179 cm³/mol. The van der Waals surface area contributed by atoms with Gasteiger partial charge in [-0.05, 0) is 104 Å². The highest BCUT2D eigenvalue weighted by Crippen LogP contribution is 2.65. The first-order valence-corrected chi connectivity index (χ1v) is 18.4. The van der Waals surface area contributed by atoms with E-state index in [0.717, 1.165) is 38.5 Å². The number of esters is 1. The second kappa shape index (κ2) is 15.7. The molecule has 4 rings (SSSR count). The summed E-state index contributed by atoms with van der Waals surface area (Å²) < 4.78 is 34.8. The third-order valence-corrected chi connectivity index (χ3v) is 12.3. The minimum absolute atomic E-state index is 0.186. The molecular weight excluding hydrogens is 616 g/mol. The highest BCUT2D eigenvalue weighted by atomic mass is 35.5. The number of carbonyl (C=O) groups is 1. The summed E-state index contributed by atoms with van der Waals surface area (Å²) >= 11 is 12.4. The molecule has 0 saturated heterocycles. The Morgan fingerprint density at radius 1 is 0.932 bits per heavy atom. The molecule has 1 heterocycles. The zero-order chi connectivity index (χ0) is 32.0. The maximum absolute atomic E-state index is 15.4. The number of hydrogen-bond donors (Lipinski definition) is 0. The molecule has 1 aromatic heterocycles. The maximum atomic E-state index is 15.4. The first kappa shape index (κ1) is 35.2. The third-order valence-electron chi connectivity index (χ3n) is 9.62. The Kier molecular flexibility index (Phi) is 12.6. The lowest BCUT2D eigenvalue weighted by Gasteiger charge is -2.42. The zero-order valence-corrected chi connectivity index (χ0v) is 29.2. The predicted octanol–water partition coefficient (Wildman–Crippen LogP) is 10.8. The molecule has 2 aromatic rings. The molecule has 0 unspecified atom stereocenters. The summed E-state index contributed by atoms with van der Waals surface area (Å²) in [4.78, 5) is 17.7. The van der Waals surface area contributed by atoms with E-state index < -0.39 is 19.4 Å². The molecule has 9 heteroatoms. The molecule has 0 aliphatic heterocycles. The normalized spacial score (nSPS) is 27.1. The summed E-state index contributed by atoms with van der Waals surface area (Å²) in [5.74, 6) is 0.271. The second-order valence-electron chi connectivity index (χ2n) is 13.5. The molecule has 6 nitrogen and oxygen atoms in total. The van der Waals surface area contributed by atoms with Gasteiger partial charge in [-0.2, -0.15) is 0 Å². The van der Waals surface area contributed by atoms with E-state index in [2.05, 4.69) is 46.5 Å². The number of nitrogens with zero attached hydrogens (tertiary/aromatic N) is 1. The number of halogens is 2. The topological polar surface area (TPSA) is 74.7 Å². The Morgan fingerprint density at radius 2 is 1.52 bits per heavy atom. The SMILES string of the molecule is CC(C)[C@@H]1CC[C@H](C)[C@H](OP(=O)(O[C@@H]2C[C@H](C(C)C)CC[C@@H]2C)[C@H](OC(=O)/C=C/c2ccc(Cl)cc2Cl)c2cccnc2)C1. The minimum atomic E-state index is -4.10. The summed E-state index contributed by atoms with van der Waals surface area (Å²) in [5, 5.41) is 0.898. The summed E-state index contributed by atoms with van der Waals surface area (Å²) in [5.41, 5.74) is 1.07. The standard InChI is InChI=1S/C35H48Cl2NO5P/c1-22(2)27-11-9-24(5)32(18-27)42-44(40,43-33-19-28(23(3)4)12-10-25(33)6)35(29-8-7-17-38-21-29)41-34(39)16-14-26-13-15-30(36)20-31(26)37/h7-8,13-17,20-25,27-28,32-33,35H,9-12,18-19H2,1-6H3/b16-14+/t24-,25-,27+,28+,32+,33+,35-/m0/s1. The highest BCUT2D eigenvalue weighted by Gasteiger charge is 2.48. The largest absolute Gasteiger partial charge is 0.441 e. The van der Waals surface area contributed by atoms with Gasteiger partial charge >= 0.3 is 13.6 Å². The molecule has 0 amide bonds. The number of carbonyl (C=O) groups excluding carboxylic acids is 1. The van der Waals surface area contributed by atoms with Crippen LogP contribution in [0.4, 0.5) is 0 Å². The highest BCUT2D eigenvalue weighted by molar-refractivity contribution is 7.54. The van der Waals surface area contributed by atoms with Crippen molar-refractivity contribution in [3.63, 3.8) is 0 Å². The van der Waals surface area contributed by atoms with E-state index in [1.807, 2.05) is 0 Å². The Bertz CT molecular complexity index is 1280. The van der Waals surface area contributed by atoms with Crippen molar-refractivity contribution in [1.82, 2.24) is 4.98 Å². The fourth-order valence-electron chi connectivity index (χ4n) is 6.42. The van der Waals surface area contributed by atoms with Gasteiger partial charge in [0.15, 0.2) is 0 Å². The van der Waals surface area contributed by atoms with Crippen molar-refractivity contribution in [2.24, 2.45) is 35.5 Å². The number of hydrogen-bond acceptors (Lipinski definition) is 6. The van der Waals surface area contributed by atoms with E-state index in [1.54, 1.807) is 48.8 Å². The van der Waals surface area contributed by atoms with Gasteiger partial charge in [0.2, 0.25) is 5.85 Å². The van der Waals surface area contributed by atoms with E-state index in [-0.39, 0.29) is 24.0 Å². The molecule has 0 N–H and O–H groups in total. The van der Waals surface area contributed by atoms with Crippen LogP contribution < -0.4 is 0 Å². The smallest absolute Gasteiger partial charge is 0.376 e. The van der Waals surface area contributed by atoms with Gasteiger partial charge in [-0.3, -0.25) is 9.55 Å². The van der Waals surface area contributed by atoms with Gasteiger partial charge in [-0.25, -0.2) is 4.79 Å². The van der Waals surface area contributed by atoms with Gasteiger partial charge in [-0.1, -0.05) is 76.9 Å². The van der Waals surface area contributed by atoms with Crippen molar-refractivity contribution in [2.75, 3.05) is 0 Å². The molecular formula is C35H48Cl2NO5P. The van der Waals surface area contributed by atoms with Crippen LogP contribution in [0.1, 0.15) is 97.0 Å². The van der Waals surface area contributed by atoms with E-state index in [9.17, 15) is 4.79 Å². The van der Waals surface area contributed by atoms with Gasteiger partial charge in [0.1, 0.15) is 0 Å². The molecule has 7 atom stereocenters. The Morgan fingerprint density at radius 3 is 2.02 bits per heavy atom. The van der Waals surface area contributed by atoms with Gasteiger partial charge in [0.05, 0.1) is 12.2 Å². The minimum Gasteiger partial charge on any atom is -0.441 e. The molecule has 2 aliphatic carbocycles. The molecule has 0 spiro atoms. The fourth-order valence-corrected chi connectivity index (χ4v) is 9.26. The van der Waals surface area contributed by atoms with E-state index in [4.69, 9.17) is 37.0 Å². The lowest BCUT2D eigenvalue weighted by molar-refractivity contribution is -0.141. The Balaban J connectivity index is 1.70. The first-order chi connectivity index (χ1) is 20.9. The number of rotatable bonds is 11. The molecule has 2 fully saturated rings. The molecule has 0 radical (unpaired) electrons. The third kappa shape index (κ3) is 9.19. The van der Waals surface area contributed by atoms with Gasteiger partial charge in [-0.15, -0.1) is 0 Å². The van der Waals surface area contributed by atoms with Gasteiger partial charge in [0.25, 0.3) is 0 Å². The molecule has 2 saturated carbocycles. The quantitative estimate of drug-likeness (QED) is 0.135. The molecule has 242 valence electrons. The number of aromatic nitrogens is 1. The van der Waals surface area contributed by atoms with Crippen LogP contribution in [0.15, 0.2) is 48.8 Å². The fraction of sp³-hybridized carbons (Fsp3) is 0.600. The Hall–Kier alpha value is -1.69. The van der Waals surface area contributed by atoms with Crippen molar-refractivity contribution in [2.45, 2.75) is 98.1 Å². The van der Waals surface area contributed by atoms with Crippen molar-refractivity contribution in [3.05, 3.63) is 70.0 Å². The molecule has 2 aliphatic rings. The molecule has 44 heavy (non-hydrogen) atoms. The monoisotopic (exact) mass is 663 g/mol. The van der Waals surface area contributed by atoms with Crippen molar-refractivity contribution < 1.29 is 23.1 Å². The zero-order valence-electron chi connectivity index (χ0n) is 26.8. The summed E-state index contributed by atoms with van der Waals surface area (Å²) in [7, 11) is -4.10. The van der Waals surface area contributed by atoms with E-state index in [1.165, 1.54) is 6.08 Å². The van der Waals surface area contributed by atoms with E-state index in [0.29, 0.717) is 44.8 Å². The van der Waals surface area contributed by atoms with Crippen molar-refractivity contribution in [3.8, 4) is 0 Å². The van der Waals surface area contributed by atoms with Crippen LogP contribution in [0, 0.1) is 35.5 Å². The van der Waals surface area contributed by atoms with Gasteiger partial charge in [0, 0.05) is 34.1 Å². The summed E-state index contributed by atoms with van der Waals surface area (Å²) in [6.45, 7) is 13.2. The average molecular weight is 665 g/mol. The maximum Gasteiger partial charge on any atom is 0.376 e. The first-order valence-electron chi connectivity index (χ1n) is 16.1. The average Bonchev–Trinajstić information content (AvgIpc) is 2.98. The van der Waals surface area contributed by atoms with E-state index >= 15 is 4.57 Å². The van der Waals surface area contributed by atoms with Crippen LogP contribution in [-0.4, -0.2) is 23.2 Å². The molecule has 1 aromatic carbocycles. The number of pyridine rings is 1. The van der Waals surface area contributed by atoms with Crippen LogP contribution in [0.3, 0.4) is 0 Å². The number of benzene rings is 1. The van der Waals surface area contributed by atoms with Gasteiger partial charge < -0.3 is 13.8 Å². The van der Waals surface area contributed by atoms with Crippen LogP contribution in [0.5, 0.6) is 0 Å². The molecule has 0 bridgehead atoms. The van der Waals surface area contributed by atoms with Crippen LogP contribution in [-0.2, 0) is 23.1 Å². The van der Waals surface area contributed by atoms with Crippen molar-refractivity contribution >= 4 is 42.8 Å². The summed E-state index contributed by atoms with van der Waals surface area (Å²) in [6, 6.07) is 8.51.